The number of halogens is 4. The maximum absolute atomic E-state index is 13.5. The second kappa shape index (κ2) is 5.54. The van der Waals surface area contributed by atoms with Crippen molar-refractivity contribution in [1.82, 2.24) is 9.62 Å². The zero-order valence-electron chi connectivity index (χ0n) is 11.1. The Morgan fingerprint density at radius 2 is 2.00 bits per heavy atom. The Morgan fingerprint density at radius 1 is 1.33 bits per heavy atom. The molecule has 1 saturated heterocycles. The molecule has 2 rings (SSSR count). The first-order valence-electron chi connectivity index (χ1n) is 6.19. The minimum Gasteiger partial charge on any atom is -0.315 e. The van der Waals surface area contributed by atoms with Crippen LogP contribution in [0.25, 0.3) is 0 Å². The predicted octanol–water partition coefficient (Wildman–Crippen LogP) is 1.83. The third kappa shape index (κ3) is 3.19. The van der Waals surface area contributed by atoms with Crippen molar-refractivity contribution in [2.75, 3.05) is 20.1 Å². The highest BCUT2D eigenvalue weighted by atomic mass is 32.2. The topological polar surface area (TPSA) is 49.4 Å². The second-order valence-corrected chi connectivity index (χ2v) is 6.80. The van der Waals surface area contributed by atoms with E-state index in [4.69, 9.17) is 0 Å². The Morgan fingerprint density at radius 3 is 2.48 bits per heavy atom. The maximum Gasteiger partial charge on any atom is 0.419 e. The van der Waals surface area contributed by atoms with Crippen LogP contribution >= 0.6 is 0 Å². The lowest BCUT2D eigenvalue weighted by molar-refractivity contribution is -0.140. The summed E-state index contributed by atoms with van der Waals surface area (Å²) in [6.07, 6.45) is -4.26. The lowest BCUT2D eigenvalue weighted by Crippen LogP contribution is -2.38. The summed E-state index contributed by atoms with van der Waals surface area (Å²) >= 11 is 0. The van der Waals surface area contributed by atoms with E-state index in [2.05, 4.69) is 5.32 Å². The summed E-state index contributed by atoms with van der Waals surface area (Å²) in [6, 6.07) is 1.35. The first kappa shape index (κ1) is 16.2. The molecule has 1 aliphatic heterocycles. The third-order valence-corrected chi connectivity index (χ3v) is 5.38. The molecule has 0 aromatic heterocycles. The van der Waals surface area contributed by atoms with Gasteiger partial charge in [-0.3, -0.25) is 0 Å². The molecule has 1 aromatic rings. The van der Waals surface area contributed by atoms with Crippen molar-refractivity contribution in [1.29, 1.82) is 0 Å². The van der Waals surface area contributed by atoms with Crippen molar-refractivity contribution in [3.05, 3.63) is 29.6 Å². The van der Waals surface area contributed by atoms with Crippen LogP contribution in [0.4, 0.5) is 17.6 Å². The SMILES string of the molecule is CN(C1CCNC1)S(=O)(=O)c1ccc(C(F)(F)F)c(F)c1. The van der Waals surface area contributed by atoms with E-state index in [0.29, 0.717) is 31.6 Å². The molecule has 4 nitrogen and oxygen atoms in total. The number of benzene rings is 1. The van der Waals surface area contributed by atoms with Gasteiger partial charge in [-0.15, -0.1) is 0 Å². The maximum atomic E-state index is 13.5. The molecule has 1 heterocycles. The molecule has 1 fully saturated rings. The van der Waals surface area contributed by atoms with Crippen LogP contribution in [0.5, 0.6) is 0 Å². The summed E-state index contributed by atoms with van der Waals surface area (Å²) in [7, 11) is -2.69. The molecule has 1 aromatic carbocycles. The summed E-state index contributed by atoms with van der Waals surface area (Å²) < 4.78 is 76.6. The van der Waals surface area contributed by atoms with Gasteiger partial charge in [0.25, 0.3) is 0 Å². The van der Waals surface area contributed by atoms with E-state index in [1.807, 2.05) is 0 Å². The van der Waals surface area contributed by atoms with Crippen LogP contribution in [0.1, 0.15) is 12.0 Å². The third-order valence-electron chi connectivity index (χ3n) is 3.47. The van der Waals surface area contributed by atoms with Crippen molar-refractivity contribution < 1.29 is 26.0 Å². The summed E-state index contributed by atoms with van der Waals surface area (Å²) in [4.78, 5) is -0.484. The van der Waals surface area contributed by atoms with E-state index in [0.717, 1.165) is 10.4 Å². The van der Waals surface area contributed by atoms with E-state index in [1.165, 1.54) is 7.05 Å². The molecular weight excluding hydrogens is 312 g/mol. The number of hydrogen-bond donors (Lipinski definition) is 1. The molecule has 1 unspecified atom stereocenters. The molecule has 0 spiro atoms. The first-order chi connectivity index (χ1) is 9.64. The lowest BCUT2D eigenvalue weighted by Gasteiger charge is -2.23. The van der Waals surface area contributed by atoms with Gasteiger partial charge in [-0.25, -0.2) is 12.8 Å². The van der Waals surface area contributed by atoms with Gasteiger partial charge < -0.3 is 5.32 Å². The average molecular weight is 326 g/mol. The molecule has 0 aliphatic carbocycles. The Hall–Kier alpha value is -1.19. The Labute approximate surface area is 119 Å². The smallest absolute Gasteiger partial charge is 0.315 e. The molecular formula is C12H14F4N2O2S. The van der Waals surface area contributed by atoms with Crippen LogP contribution in [-0.4, -0.2) is 38.9 Å². The minimum atomic E-state index is -4.85. The molecule has 21 heavy (non-hydrogen) atoms. The number of likely N-dealkylation sites (N-methyl/N-ethyl adjacent to an activating group) is 1. The summed E-state index contributed by atoms with van der Waals surface area (Å²) in [6.45, 7) is 1.12. The van der Waals surface area contributed by atoms with Crippen molar-refractivity contribution in [2.45, 2.75) is 23.5 Å². The quantitative estimate of drug-likeness (QED) is 0.862. The fourth-order valence-electron chi connectivity index (χ4n) is 2.20. The second-order valence-electron chi connectivity index (χ2n) is 4.81. The fourth-order valence-corrected chi connectivity index (χ4v) is 3.60. The lowest BCUT2D eigenvalue weighted by atomic mass is 10.2. The van der Waals surface area contributed by atoms with Crippen LogP contribution in [-0.2, 0) is 16.2 Å². The zero-order valence-corrected chi connectivity index (χ0v) is 11.9. The zero-order chi connectivity index (χ0) is 15.8. The number of nitrogens with zero attached hydrogens (tertiary/aromatic N) is 1. The molecule has 1 aliphatic rings. The van der Waals surface area contributed by atoms with Gasteiger partial charge in [-0.1, -0.05) is 0 Å². The van der Waals surface area contributed by atoms with Crippen LogP contribution < -0.4 is 5.32 Å². The van der Waals surface area contributed by atoms with Gasteiger partial charge in [0, 0.05) is 19.6 Å². The van der Waals surface area contributed by atoms with E-state index < -0.39 is 32.5 Å². The number of alkyl halides is 3. The Kier molecular flexibility index (Phi) is 4.27. The predicted molar refractivity (Wildman–Crippen MR) is 67.6 cm³/mol. The normalized spacial score (nSPS) is 20.2. The molecule has 1 N–H and O–H groups in total. The summed E-state index contributed by atoms with van der Waals surface area (Å²) in [5.74, 6) is -1.60. The van der Waals surface area contributed by atoms with E-state index >= 15 is 0 Å². The van der Waals surface area contributed by atoms with Gasteiger partial charge in [-0.05, 0) is 31.2 Å². The highest BCUT2D eigenvalue weighted by Gasteiger charge is 2.36. The fraction of sp³-hybridized carbons (Fsp3) is 0.500. The van der Waals surface area contributed by atoms with E-state index in [1.54, 1.807) is 0 Å². The van der Waals surface area contributed by atoms with Crippen molar-refractivity contribution in [3.63, 3.8) is 0 Å². The Bertz CT molecular complexity index is 625. The van der Waals surface area contributed by atoms with Crippen LogP contribution in [0.15, 0.2) is 23.1 Å². The van der Waals surface area contributed by atoms with E-state index in [-0.39, 0.29) is 6.04 Å². The Balaban J connectivity index is 2.35. The van der Waals surface area contributed by atoms with Crippen LogP contribution in [0, 0.1) is 5.82 Å². The number of rotatable bonds is 3. The van der Waals surface area contributed by atoms with Gasteiger partial charge in [0.15, 0.2) is 0 Å². The first-order valence-corrected chi connectivity index (χ1v) is 7.63. The minimum absolute atomic E-state index is 0.291. The molecule has 0 bridgehead atoms. The standard InChI is InChI=1S/C12H14F4N2O2S/c1-18(8-4-5-17-7-8)21(19,20)9-2-3-10(11(13)6-9)12(14,15)16/h2-3,6,8,17H,4-5,7H2,1H3. The number of nitrogens with one attached hydrogen (secondary N) is 1. The molecule has 0 amide bonds. The summed E-state index contributed by atoms with van der Waals surface area (Å²) in [5, 5.41) is 2.99. The van der Waals surface area contributed by atoms with Crippen molar-refractivity contribution in [2.24, 2.45) is 0 Å². The van der Waals surface area contributed by atoms with Crippen molar-refractivity contribution in [3.8, 4) is 0 Å². The van der Waals surface area contributed by atoms with Crippen LogP contribution in [0.3, 0.4) is 0 Å². The molecule has 9 heteroatoms. The largest absolute Gasteiger partial charge is 0.419 e. The summed E-state index contributed by atoms with van der Waals surface area (Å²) in [5.41, 5.74) is -1.48. The molecule has 1 atom stereocenters. The molecule has 0 saturated carbocycles. The van der Waals surface area contributed by atoms with E-state index in [9.17, 15) is 26.0 Å². The van der Waals surface area contributed by atoms with Crippen LogP contribution in [0.2, 0.25) is 0 Å². The molecule has 118 valence electrons. The van der Waals surface area contributed by atoms with Gasteiger partial charge in [0.1, 0.15) is 5.82 Å². The molecule has 0 radical (unpaired) electrons. The van der Waals surface area contributed by atoms with Gasteiger partial charge in [-0.2, -0.15) is 17.5 Å². The number of sulfonamides is 1. The number of hydrogen-bond acceptors (Lipinski definition) is 3. The van der Waals surface area contributed by atoms with Crippen molar-refractivity contribution >= 4 is 10.0 Å². The highest BCUT2D eigenvalue weighted by molar-refractivity contribution is 7.89. The average Bonchev–Trinajstić information content (AvgIpc) is 2.89. The van der Waals surface area contributed by atoms with Gasteiger partial charge in [0.05, 0.1) is 10.5 Å². The monoisotopic (exact) mass is 326 g/mol. The van der Waals surface area contributed by atoms with Gasteiger partial charge >= 0.3 is 6.18 Å². The highest BCUT2D eigenvalue weighted by Crippen LogP contribution is 2.32. The van der Waals surface area contributed by atoms with Gasteiger partial charge in [0.2, 0.25) is 10.0 Å².